The second-order valence-corrected chi connectivity index (χ2v) is 9.27. The van der Waals surface area contributed by atoms with Gasteiger partial charge in [0.05, 0.1) is 5.41 Å². The van der Waals surface area contributed by atoms with E-state index in [4.69, 9.17) is 11.6 Å². The molecule has 1 aromatic carbocycles. The lowest BCUT2D eigenvalue weighted by molar-refractivity contribution is -0.136. The van der Waals surface area contributed by atoms with Crippen molar-refractivity contribution in [2.45, 2.75) is 50.9 Å². The van der Waals surface area contributed by atoms with Crippen LogP contribution in [0.15, 0.2) is 24.3 Å². The predicted octanol–water partition coefficient (Wildman–Crippen LogP) is 4.34. The Balaban J connectivity index is 1.38. The van der Waals surface area contributed by atoms with Crippen molar-refractivity contribution in [1.29, 1.82) is 0 Å². The van der Waals surface area contributed by atoms with Crippen molar-refractivity contribution in [2.24, 2.45) is 11.8 Å². The molecule has 142 valence electrons. The fourth-order valence-electron chi connectivity index (χ4n) is 4.83. The first-order valence-corrected chi connectivity index (χ1v) is 10.7. The number of carbonyl (C=O) groups excluding carboxylic acids is 1. The highest BCUT2D eigenvalue weighted by Gasteiger charge is 2.53. The van der Waals surface area contributed by atoms with E-state index in [9.17, 15) is 4.79 Å². The zero-order valence-corrected chi connectivity index (χ0v) is 16.7. The van der Waals surface area contributed by atoms with Crippen LogP contribution in [0, 0.1) is 11.8 Å². The van der Waals surface area contributed by atoms with Crippen LogP contribution in [0.1, 0.15) is 51.0 Å². The molecular weight excluding hydrogens is 344 g/mol. The molecule has 26 heavy (non-hydrogen) atoms. The van der Waals surface area contributed by atoms with Crippen molar-refractivity contribution in [2.75, 3.05) is 32.7 Å². The predicted molar refractivity (Wildman–Crippen MR) is 107 cm³/mol. The fraction of sp³-hybridized carbons (Fsp3) is 0.682. The van der Waals surface area contributed by atoms with E-state index in [0.717, 1.165) is 48.9 Å². The molecule has 4 heteroatoms. The molecule has 1 saturated carbocycles. The quantitative estimate of drug-likeness (QED) is 0.782. The van der Waals surface area contributed by atoms with Crippen LogP contribution in [-0.2, 0) is 10.2 Å². The summed E-state index contributed by atoms with van der Waals surface area (Å²) in [5, 5.41) is 0.742. The number of likely N-dealkylation sites (tertiary alicyclic amines) is 2. The van der Waals surface area contributed by atoms with Gasteiger partial charge >= 0.3 is 0 Å². The first kappa shape index (κ1) is 18.3. The summed E-state index contributed by atoms with van der Waals surface area (Å²) in [5.74, 6) is 1.88. The van der Waals surface area contributed by atoms with E-state index in [1.54, 1.807) is 0 Å². The lowest BCUT2D eigenvalue weighted by Crippen LogP contribution is -2.48. The molecule has 3 aliphatic rings. The molecule has 3 nitrogen and oxygen atoms in total. The molecule has 2 saturated heterocycles. The van der Waals surface area contributed by atoms with Crippen LogP contribution in [0.5, 0.6) is 0 Å². The standard InChI is InChI=1S/C22H31ClN2O/c1-17-8-13-24(14-9-17)15-18-3-2-12-25(16-18)21(26)22(10-11-22)19-4-6-20(23)7-5-19/h4-7,17-18H,2-3,8-16H2,1H3. The number of hydrogen-bond donors (Lipinski definition) is 0. The van der Waals surface area contributed by atoms with Crippen molar-refractivity contribution < 1.29 is 4.79 Å². The molecule has 0 radical (unpaired) electrons. The fourth-order valence-corrected chi connectivity index (χ4v) is 4.96. The summed E-state index contributed by atoms with van der Waals surface area (Å²) in [6.45, 7) is 7.89. The molecule has 0 spiro atoms. The number of nitrogens with zero attached hydrogens (tertiary/aromatic N) is 2. The number of carbonyl (C=O) groups is 1. The average Bonchev–Trinajstić information content (AvgIpc) is 3.46. The number of rotatable bonds is 4. The van der Waals surface area contributed by atoms with E-state index in [0.29, 0.717) is 11.8 Å². The van der Waals surface area contributed by atoms with Crippen molar-refractivity contribution >= 4 is 17.5 Å². The second-order valence-electron chi connectivity index (χ2n) is 8.83. The van der Waals surface area contributed by atoms with E-state index in [1.807, 2.05) is 24.3 Å². The zero-order chi connectivity index (χ0) is 18.1. The largest absolute Gasteiger partial charge is 0.342 e. The Morgan fingerprint density at radius 3 is 2.46 bits per heavy atom. The Hall–Kier alpha value is -1.06. The van der Waals surface area contributed by atoms with E-state index in [-0.39, 0.29) is 5.41 Å². The highest BCUT2D eigenvalue weighted by molar-refractivity contribution is 6.30. The number of halogens is 1. The maximum absolute atomic E-state index is 13.3. The molecule has 1 atom stereocenters. The minimum atomic E-state index is -0.257. The van der Waals surface area contributed by atoms with Crippen molar-refractivity contribution in [3.63, 3.8) is 0 Å². The van der Waals surface area contributed by atoms with Crippen LogP contribution in [0.4, 0.5) is 0 Å². The van der Waals surface area contributed by atoms with Crippen LogP contribution in [0.25, 0.3) is 0 Å². The summed E-state index contributed by atoms with van der Waals surface area (Å²) in [6.07, 6.45) is 7.04. The lowest BCUT2D eigenvalue weighted by Gasteiger charge is -2.39. The summed E-state index contributed by atoms with van der Waals surface area (Å²) in [6, 6.07) is 7.92. The van der Waals surface area contributed by atoms with Crippen LogP contribution < -0.4 is 0 Å². The first-order valence-electron chi connectivity index (χ1n) is 10.3. The van der Waals surface area contributed by atoms with Gasteiger partial charge < -0.3 is 9.80 Å². The maximum Gasteiger partial charge on any atom is 0.233 e. The van der Waals surface area contributed by atoms with Gasteiger partial charge in [-0.1, -0.05) is 30.7 Å². The Bertz CT molecular complexity index is 632. The summed E-state index contributed by atoms with van der Waals surface area (Å²) in [4.78, 5) is 18.1. The Morgan fingerprint density at radius 1 is 1.12 bits per heavy atom. The van der Waals surface area contributed by atoms with Gasteiger partial charge in [0.1, 0.15) is 0 Å². The van der Waals surface area contributed by atoms with Crippen LogP contribution >= 0.6 is 11.6 Å². The van der Waals surface area contributed by atoms with Gasteiger partial charge in [-0.25, -0.2) is 0 Å². The number of piperidine rings is 2. The molecule has 1 aliphatic carbocycles. The normalized spacial score (nSPS) is 26.7. The van der Waals surface area contributed by atoms with E-state index >= 15 is 0 Å². The maximum atomic E-state index is 13.3. The highest BCUT2D eigenvalue weighted by atomic mass is 35.5. The highest BCUT2D eigenvalue weighted by Crippen LogP contribution is 2.50. The van der Waals surface area contributed by atoms with Crippen molar-refractivity contribution in [1.82, 2.24) is 9.80 Å². The van der Waals surface area contributed by atoms with Crippen LogP contribution in [0.2, 0.25) is 5.02 Å². The van der Waals surface area contributed by atoms with Crippen molar-refractivity contribution in [3.8, 4) is 0 Å². The molecule has 1 unspecified atom stereocenters. The third-order valence-electron chi connectivity index (χ3n) is 6.76. The smallest absolute Gasteiger partial charge is 0.233 e. The summed E-state index contributed by atoms with van der Waals surface area (Å²) in [7, 11) is 0. The van der Waals surface area contributed by atoms with Gasteiger partial charge in [0.15, 0.2) is 0 Å². The minimum Gasteiger partial charge on any atom is -0.342 e. The van der Waals surface area contributed by atoms with Gasteiger partial charge in [-0.05, 0) is 81.1 Å². The Labute approximate surface area is 162 Å². The molecule has 2 aliphatic heterocycles. The third-order valence-corrected chi connectivity index (χ3v) is 7.01. The van der Waals surface area contributed by atoms with Crippen LogP contribution in [-0.4, -0.2) is 48.4 Å². The average molecular weight is 375 g/mol. The van der Waals surface area contributed by atoms with Gasteiger partial charge in [0, 0.05) is 24.7 Å². The zero-order valence-electron chi connectivity index (χ0n) is 15.9. The lowest BCUT2D eigenvalue weighted by atomic mass is 9.90. The molecule has 0 N–H and O–H groups in total. The topological polar surface area (TPSA) is 23.6 Å². The van der Waals surface area contributed by atoms with Crippen molar-refractivity contribution in [3.05, 3.63) is 34.9 Å². The molecule has 0 aromatic heterocycles. The van der Waals surface area contributed by atoms with Gasteiger partial charge in [0.25, 0.3) is 0 Å². The summed E-state index contributed by atoms with van der Waals surface area (Å²) in [5.41, 5.74) is 0.895. The summed E-state index contributed by atoms with van der Waals surface area (Å²) >= 11 is 6.03. The molecule has 1 amide bonds. The van der Waals surface area contributed by atoms with E-state index in [2.05, 4.69) is 16.7 Å². The monoisotopic (exact) mass is 374 g/mol. The van der Waals surface area contributed by atoms with E-state index < -0.39 is 0 Å². The van der Waals surface area contributed by atoms with Crippen LogP contribution in [0.3, 0.4) is 0 Å². The van der Waals surface area contributed by atoms with Gasteiger partial charge in [0.2, 0.25) is 5.91 Å². The molecule has 0 bridgehead atoms. The molecular formula is C22H31ClN2O. The Kier molecular flexibility index (Phi) is 5.29. The number of benzene rings is 1. The number of amides is 1. The SMILES string of the molecule is CC1CCN(CC2CCCN(C(=O)C3(c4ccc(Cl)cc4)CC3)C2)CC1. The second kappa shape index (κ2) is 7.52. The van der Waals surface area contributed by atoms with Gasteiger partial charge in [-0.2, -0.15) is 0 Å². The Morgan fingerprint density at radius 2 is 1.81 bits per heavy atom. The molecule has 3 fully saturated rings. The molecule has 4 rings (SSSR count). The first-order chi connectivity index (χ1) is 12.6. The third kappa shape index (κ3) is 3.80. The van der Waals surface area contributed by atoms with Gasteiger partial charge in [-0.3, -0.25) is 4.79 Å². The molecule has 2 heterocycles. The summed E-state index contributed by atoms with van der Waals surface area (Å²) < 4.78 is 0. The van der Waals surface area contributed by atoms with Gasteiger partial charge in [-0.15, -0.1) is 0 Å². The molecule has 1 aromatic rings. The minimum absolute atomic E-state index is 0.257. The van der Waals surface area contributed by atoms with E-state index in [1.165, 1.54) is 38.9 Å². The number of hydrogen-bond acceptors (Lipinski definition) is 2.